The number of rotatable bonds is 8. The zero-order chi connectivity index (χ0) is 19.3. The molecule has 0 unspecified atom stereocenters. The van der Waals surface area contributed by atoms with Crippen LogP contribution >= 0.6 is 0 Å². The van der Waals surface area contributed by atoms with Crippen LogP contribution < -0.4 is 9.47 Å². The second-order valence-electron chi connectivity index (χ2n) is 5.69. The number of aromatic nitrogens is 1. The molecule has 3 rings (SSSR count). The van der Waals surface area contributed by atoms with Gasteiger partial charge >= 0.3 is 0 Å². The molecule has 0 N–H and O–H groups in total. The summed E-state index contributed by atoms with van der Waals surface area (Å²) in [6, 6.07) is 13.3. The van der Waals surface area contributed by atoms with Gasteiger partial charge in [0.15, 0.2) is 11.5 Å². The number of hydrogen-bond acceptors (Lipinski definition) is 6. The molecule has 0 radical (unpaired) electrons. The Morgan fingerprint density at radius 1 is 1.00 bits per heavy atom. The summed E-state index contributed by atoms with van der Waals surface area (Å²) in [5.74, 6) is 1.34. The molecule has 142 valence electrons. The molecule has 0 aliphatic carbocycles. The molecule has 0 bridgehead atoms. The standard InChI is InChI=1S/C19H20N2O5S/c1-24-18-9-8-17(12-19(18)25-2)27(22,23)21(14-16-7-5-11-26-16)13-15-6-3-4-10-20-15/h3-12H,13-14H2,1-2H3. The minimum atomic E-state index is -3.84. The van der Waals surface area contributed by atoms with E-state index in [4.69, 9.17) is 13.9 Å². The van der Waals surface area contributed by atoms with E-state index >= 15 is 0 Å². The highest BCUT2D eigenvalue weighted by Gasteiger charge is 2.27. The third-order valence-electron chi connectivity index (χ3n) is 3.97. The molecule has 0 aliphatic rings. The monoisotopic (exact) mass is 388 g/mol. The fourth-order valence-corrected chi connectivity index (χ4v) is 3.99. The van der Waals surface area contributed by atoms with E-state index < -0.39 is 10.0 Å². The van der Waals surface area contributed by atoms with Crippen molar-refractivity contribution in [2.24, 2.45) is 0 Å². The lowest BCUT2D eigenvalue weighted by Gasteiger charge is -2.21. The highest BCUT2D eigenvalue weighted by Crippen LogP contribution is 2.31. The van der Waals surface area contributed by atoms with Crippen molar-refractivity contribution in [1.29, 1.82) is 0 Å². The first-order valence-electron chi connectivity index (χ1n) is 8.19. The Morgan fingerprint density at radius 2 is 1.81 bits per heavy atom. The van der Waals surface area contributed by atoms with Crippen molar-refractivity contribution in [3.8, 4) is 11.5 Å². The van der Waals surface area contributed by atoms with Gasteiger partial charge in [0, 0.05) is 12.3 Å². The van der Waals surface area contributed by atoms with Crippen molar-refractivity contribution in [2.75, 3.05) is 14.2 Å². The van der Waals surface area contributed by atoms with Crippen molar-refractivity contribution >= 4 is 10.0 Å². The first kappa shape index (κ1) is 18.9. The molecule has 7 nitrogen and oxygen atoms in total. The molecular weight excluding hydrogens is 368 g/mol. The Hall–Kier alpha value is -2.84. The predicted octanol–water partition coefficient (Wildman–Crippen LogP) is 3.08. The molecule has 3 aromatic rings. The number of methoxy groups -OCH3 is 2. The summed E-state index contributed by atoms with van der Waals surface area (Å²) in [4.78, 5) is 4.33. The van der Waals surface area contributed by atoms with Gasteiger partial charge in [-0.15, -0.1) is 0 Å². The Balaban J connectivity index is 1.98. The molecule has 0 spiro atoms. The van der Waals surface area contributed by atoms with E-state index in [1.165, 1.54) is 36.9 Å². The lowest BCUT2D eigenvalue weighted by molar-refractivity contribution is 0.349. The second kappa shape index (κ2) is 8.24. The van der Waals surface area contributed by atoms with Crippen molar-refractivity contribution < 1.29 is 22.3 Å². The molecule has 0 amide bonds. The van der Waals surface area contributed by atoms with Crippen LogP contribution in [0.25, 0.3) is 0 Å². The van der Waals surface area contributed by atoms with Gasteiger partial charge in [0.1, 0.15) is 5.76 Å². The summed E-state index contributed by atoms with van der Waals surface area (Å²) >= 11 is 0. The van der Waals surface area contributed by atoms with Crippen LogP contribution in [0, 0.1) is 0 Å². The van der Waals surface area contributed by atoms with Crippen molar-refractivity contribution in [1.82, 2.24) is 9.29 Å². The number of hydrogen-bond donors (Lipinski definition) is 0. The topological polar surface area (TPSA) is 81.9 Å². The van der Waals surface area contributed by atoms with Crippen LogP contribution in [-0.4, -0.2) is 31.9 Å². The molecule has 0 atom stereocenters. The summed E-state index contributed by atoms with van der Waals surface area (Å²) in [5, 5.41) is 0. The third-order valence-corrected chi connectivity index (χ3v) is 5.76. The van der Waals surface area contributed by atoms with E-state index in [0.29, 0.717) is 23.0 Å². The van der Waals surface area contributed by atoms with E-state index in [1.807, 2.05) is 6.07 Å². The molecule has 8 heteroatoms. The van der Waals surface area contributed by atoms with Crippen LogP contribution in [0.4, 0.5) is 0 Å². The van der Waals surface area contributed by atoms with E-state index in [9.17, 15) is 8.42 Å². The van der Waals surface area contributed by atoms with E-state index in [0.717, 1.165) is 0 Å². The fourth-order valence-electron chi connectivity index (χ4n) is 2.60. The number of furan rings is 1. The van der Waals surface area contributed by atoms with E-state index in [-0.39, 0.29) is 18.0 Å². The minimum Gasteiger partial charge on any atom is -0.493 e. The third kappa shape index (κ3) is 4.29. The molecule has 0 fully saturated rings. The van der Waals surface area contributed by atoms with Gasteiger partial charge in [-0.25, -0.2) is 8.42 Å². The van der Waals surface area contributed by atoms with Crippen LogP contribution in [0.1, 0.15) is 11.5 Å². The van der Waals surface area contributed by atoms with Crippen LogP contribution in [-0.2, 0) is 23.1 Å². The maximum absolute atomic E-state index is 13.3. The molecule has 0 saturated carbocycles. The fraction of sp³-hybridized carbons (Fsp3) is 0.211. The maximum atomic E-state index is 13.3. The number of benzene rings is 1. The molecule has 2 heterocycles. The average molecular weight is 388 g/mol. The highest BCUT2D eigenvalue weighted by atomic mass is 32.2. The van der Waals surface area contributed by atoms with E-state index in [1.54, 1.807) is 36.5 Å². The smallest absolute Gasteiger partial charge is 0.243 e. The van der Waals surface area contributed by atoms with Crippen molar-refractivity contribution in [2.45, 2.75) is 18.0 Å². The van der Waals surface area contributed by atoms with Gasteiger partial charge < -0.3 is 13.9 Å². The van der Waals surface area contributed by atoms with Crippen LogP contribution in [0.15, 0.2) is 70.3 Å². The van der Waals surface area contributed by atoms with Crippen molar-refractivity contribution in [3.63, 3.8) is 0 Å². The van der Waals surface area contributed by atoms with Gasteiger partial charge in [0.25, 0.3) is 0 Å². The van der Waals surface area contributed by atoms with Gasteiger partial charge in [-0.05, 0) is 36.4 Å². The van der Waals surface area contributed by atoms with Gasteiger partial charge in [0.05, 0.1) is 44.2 Å². The van der Waals surface area contributed by atoms with E-state index in [2.05, 4.69) is 4.98 Å². The van der Waals surface area contributed by atoms with Gasteiger partial charge in [0.2, 0.25) is 10.0 Å². The van der Waals surface area contributed by atoms with Crippen molar-refractivity contribution in [3.05, 3.63) is 72.4 Å². The molecular formula is C19H20N2O5S. The Labute approximate surface area is 158 Å². The molecule has 0 saturated heterocycles. The summed E-state index contributed by atoms with van der Waals surface area (Å²) in [6.07, 6.45) is 3.14. The molecule has 1 aromatic carbocycles. The zero-order valence-electron chi connectivity index (χ0n) is 15.0. The van der Waals surface area contributed by atoms with Gasteiger partial charge in [-0.1, -0.05) is 6.07 Å². The largest absolute Gasteiger partial charge is 0.493 e. The lowest BCUT2D eigenvalue weighted by atomic mass is 10.3. The zero-order valence-corrected chi connectivity index (χ0v) is 15.8. The molecule has 2 aromatic heterocycles. The number of nitrogens with zero attached hydrogens (tertiary/aromatic N) is 2. The predicted molar refractivity (Wildman–Crippen MR) is 98.9 cm³/mol. The normalized spacial score (nSPS) is 11.5. The SMILES string of the molecule is COc1ccc(S(=O)(=O)N(Cc2ccccn2)Cc2ccco2)cc1OC. The number of sulfonamides is 1. The Bertz CT molecular complexity index is 973. The number of pyridine rings is 1. The first-order chi connectivity index (χ1) is 13.0. The van der Waals surface area contributed by atoms with Crippen LogP contribution in [0.5, 0.6) is 11.5 Å². The minimum absolute atomic E-state index is 0.0836. The highest BCUT2D eigenvalue weighted by molar-refractivity contribution is 7.89. The molecule has 27 heavy (non-hydrogen) atoms. The van der Waals surface area contributed by atoms with Gasteiger partial charge in [-0.3, -0.25) is 4.98 Å². The quantitative estimate of drug-likeness (QED) is 0.590. The Morgan fingerprint density at radius 3 is 2.44 bits per heavy atom. The van der Waals surface area contributed by atoms with Crippen LogP contribution in [0.2, 0.25) is 0 Å². The molecule has 0 aliphatic heterocycles. The summed E-state index contributed by atoms with van der Waals surface area (Å²) in [5.41, 5.74) is 0.633. The summed E-state index contributed by atoms with van der Waals surface area (Å²) in [6.45, 7) is 0.193. The number of ether oxygens (including phenoxy) is 2. The summed E-state index contributed by atoms with van der Waals surface area (Å²) < 4.78 is 43.7. The maximum Gasteiger partial charge on any atom is 0.243 e. The second-order valence-corrected chi connectivity index (χ2v) is 7.63. The van der Waals surface area contributed by atoms with Gasteiger partial charge in [-0.2, -0.15) is 4.31 Å². The van der Waals surface area contributed by atoms with Crippen LogP contribution in [0.3, 0.4) is 0 Å². The Kier molecular flexibility index (Phi) is 5.78. The first-order valence-corrected chi connectivity index (χ1v) is 9.63. The lowest BCUT2D eigenvalue weighted by Crippen LogP contribution is -2.30. The summed E-state index contributed by atoms with van der Waals surface area (Å²) in [7, 11) is -0.878. The average Bonchev–Trinajstić information content (AvgIpc) is 3.21.